The number of carbonyl (C=O) groups excluding carboxylic acids is 2. The minimum absolute atomic E-state index is 0.0384. The molecule has 24 heavy (non-hydrogen) atoms. The number of hydrogen-bond donors (Lipinski definition) is 1. The van der Waals surface area contributed by atoms with Crippen LogP contribution < -0.4 is 5.73 Å². The number of rotatable bonds is 8. The van der Waals surface area contributed by atoms with Crippen LogP contribution in [0.3, 0.4) is 0 Å². The maximum atomic E-state index is 12.7. The molecule has 0 aromatic heterocycles. The molecule has 0 bridgehead atoms. The first-order valence-corrected chi connectivity index (χ1v) is 8.21. The van der Waals surface area contributed by atoms with Gasteiger partial charge in [-0.3, -0.25) is 9.59 Å². The summed E-state index contributed by atoms with van der Waals surface area (Å²) >= 11 is 0. The lowest BCUT2D eigenvalue weighted by Crippen LogP contribution is -2.34. The SMILES string of the molecule is CC(CC(=O)N(CCC(N)=O)Cc1ccccc1)c1ccccc1. The zero-order valence-electron chi connectivity index (χ0n) is 14.0. The van der Waals surface area contributed by atoms with Crippen molar-refractivity contribution in [2.45, 2.75) is 32.2 Å². The Bertz CT molecular complexity index is 656. The first-order chi connectivity index (χ1) is 11.6. The summed E-state index contributed by atoms with van der Waals surface area (Å²) in [5.74, 6) is -0.223. The fourth-order valence-corrected chi connectivity index (χ4v) is 2.63. The molecular weight excluding hydrogens is 300 g/mol. The Morgan fingerprint density at radius 1 is 1.00 bits per heavy atom. The molecule has 126 valence electrons. The maximum absolute atomic E-state index is 12.7. The Hall–Kier alpha value is -2.62. The van der Waals surface area contributed by atoms with Crippen LogP contribution in [-0.4, -0.2) is 23.3 Å². The fourth-order valence-electron chi connectivity index (χ4n) is 2.63. The van der Waals surface area contributed by atoms with Crippen molar-refractivity contribution in [3.63, 3.8) is 0 Å². The van der Waals surface area contributed by atoms with E-state index in [4.69, 9.17) is 5.73 Å². The average molecular weight is 324 g/mol. The van der Waals surface area contributed by atoms with Crippen LogP contribution in [0, 0.1) is 0 Å². The molecule has 2 amide bonds. The van der Waals surface area contributed by atoms with E-state index in [1.54, 1.807) is 4.90 Å². The van der Waals surface area contributed by atoms with Gasteiger partial charge in [-0.05, 0) is 17.0 Å². The number of nitrogens with two attached hydrogens (primary N) is 1. The number of nitrogens with zero attached hydrogens (tertiary/aromatic N) is 1. The van der Waals surface area contributed by atoms with Gasteiger partial charge in [-0.25, -0.2) is 0 Å². The van der Waals surface area contributed by atoms with Gasteiger partial charge in [0.1, 0.15) is 0 Å². The third-order valence-electron chi connectivity index (χ3n) is 4.05. The molecule has 2 rings (SSSR count). The zero-order chi connectivity index (χ0) is 17.4. The van der Waals surface area contributed by atoms with Crippen molar-refractivity contribution in [2.75, 3.05) is 6.54 Å². The molecule has 0 saturated heterocycles. The van der Waals surface area contributed by atoms with Crippen molar-refractivity contribution in [2.24, 2.45) is 5.73 Å². The van der Waals surface area contributed by atoms with Crippen molar-refractivity contribution in [1.29, 1.82) is 0 Å². The highest BCUT2D eigenvalue weighted by Gasteiger charge is 2.18. The van der Waals surface area contributed by atoms with Crippen LogP contribution in [0.4, 0.5) is 0 Å². The number of hydrogen-bond acceptors (Lipinski definition) is 2. The van der Waals surface area contributed by atoms with Crippen LogP contribution in [0.5, 0.6) is 0 Å². The standard InChI is InChI=1S/C20H24N2O2/c1-16(18-10-6-3-7-11-18)14-20(24)22(13-12-19(21)23)15-17-8-4-2-5-9-17/h2-11,16H,12-15H2,1H3,(H2,21,23). The van der Waals surface area contributed by atoms with Crippen molar-refractivity contribution in [1.82, 2.24) is 4.90 Å². The normalized spacial score (nSPS) is 11.7. The number of benzene rings is 2. The van der Waals surface area contributed by atoms with E-state index in [2.05, 4.69) is 0 Å². The summed E-state index contributed by atoms with van der Waals surface area (Å²) in [5, 5.41) is 0. The molecule has 0 aliphatic carbocycles. The molecular formula is C20H24N2O2. The van der Waals surface area contributed by atoms with E-state index in [0.29, 0.717) is 19.5 Å². The second-order valence-corrected chi connectivity index (χ2v) is 6.03. The highest BCUT2D eigenvalue weighted by Crippen LogP contribution is 2.20. The molecule has 0 aliphatic rings. The smallest absolute Gasteiger partial charge is 0.223 e. The lowest BCUT2D eigenvalue weighted by atomic mass is 9.97. The second kappa shape index (κ2) is 8.87. The van der Waals surface area contributed by atoms with Gasteiger partial charge < -0.3 is 10.6 Å². The van der Waals surface area contributed by atoms with E-state index in [1.165, 1.54) is 0 Å². The summed E-state index contributed by atoms with van der Waals surface area (Å²) in [7, 11) is 0. The van der Waals surface area contributed by atoms with E-state index >= 15 is 0 Å². The molecule has 1 atom stereocenters. The zero-order valence-corrected chi connectivity index (χ0v) is 14.0. The first kappa shape index (κ1) is 17.7. The van der Waals surface area contributed by atoms with Crippen molar-refractivity contribution in [3.8, 4) is 0 Å². The van der Waals surface area contributed by atoms with Gasteiger partial charge in [-0.1, -0.05) is 67.6 Å². The molecule has 0 saturated carbocycles. The Labute approximate surface area is 143 Å². The molecule has 2 aromatic carbocycles. The largest absolute Gasteiger partial charge is 0.370 e. The third-order valence-corrected chi connectivity index (χ3v) is 4.05. The van der Waals surface area contributed by atoms with Crippen LogP contribution in [0.25, 0.3) is 0 Å². The maximum Gasteiger partial charge on any atom is 0.223 e. The Morgan fingerprint density at radius 3 is 2.17 bits per heavy atom. The highest BCUT2D eigenvalue weighted by atomic mass is 16.2. The summed E-state index contributed by atoms with van der Waals surface area (Å²) in [6.45, 7) is 2.89. The van der Waals surface area contributed by atoms with E-state index in [-0.39, 0.29) is 18.2 Å². The molecule has 0 fully saturated rings. The molecule has 1 unspecified atom stereocenters. The third kappa shape index (κ3) is 5.54. The van der Waals surface area contributed by atoms with Crippen LogP contribution >= 0.6 is 0 Å². The number of carbonyl (C=O) groups is 2. The van der Waals surface area contributed by atoms with Crippen molar-refractivity contribution < 1.29 is 9.59 Å². The topological polar surface area (TPSA) is 63.4 Å². The van der Waals surface area contributed by atoms with E-state index in [0.717, 1.165) is 11.1 Å². The van der Waals surface area contributed by atoms with Crippen LogP contribution in [0.1, 0.15) is 36.8 Å². The summed E-state index contributed by atoms with van der Waals surface area (Å²) in [4.78, 5) is 25.5. The lowest BCUT2D eigenvalue weighted by Gasteiger charge is -2.24. The molecule has 2 aromatic rings. The molecule has 0 aliphatic heterocycles. The minimum atomic E-state index is -0.392. The summed E-state index contributed by atoms with van der Waals surface area (Å²) in [5.41, 5.74) is 7.43. The molecule has 4 heteroatoms. The van der Waals surface area contributed by atoms with Crippen molar-refractivity contribution >= 4 is 11.8 Å². The van der Waals surface area contributed by atoms with Gasteiger partial charge in [0, 0.05) is 25.9 Å². The molecule has 2 N–H and O–H groups in total. The monoisotopic (exact) mass is 324 g/mol. The fraction of sp³-hybridized carbons (Fsp3) is 0.300. The van der Waals surface area contributed by atoms with Crippen molar-refractivity contribution in [3.05, 3.63) is 71.8 Å². The van der Waals surface area contributed by atoms with Gasteiger partial charge in [0.15, 0.2) is 0 Å². The molecule has 0 radical (unpaired) electrons. The Kier molecular flexibility index (Phi) is 6.55. The summed E-state index contributed by atoms with van der Waals surface area (Å²) in [6.07, 6.45) is 0.591. The van der Waals surface area contributed by atoms with Gasteiger partial charge in [0.2, 0.25) is 11.8 Å². The molecule has 0 spiro atoms. The number of primary amides is 1. The average Bonchev–Trinajstić information content (AvgIpc) is 2.60. The van der Waals surface area contributed by atoms with Gasteiger partial charge in [-0.15, -0.1) is 0 Å². The van der Waals surface area contributed by atoms with E-state index < -0.39 is 5.91 Å². The van der Waals surface area contributed by atoms with Gasteiger partial charge in [0.05, 0.1) is 0 Å². The van der Waals surface area contributed by atoms with E-state index in [1.807, 2.05) is 67.6 Å². The Morgan fingerprint density at radius 2 is 1.58 bits per heavy atom. The quantitative estimate of drug-likeness (QED) is 0.811. The van der Waals surface area contributed by atoms with Gasteiger partial charge >= 0.3 is 0 Å². The van der Waals surface area contributed by atoms with Crippen LogP contribution in [0.2, 0.25) is 0 Å². The van der Waals surface area contributed by atoms with Gasteiger partial charge in [-0.2, -0.15) is 0 Å². The van der Waals surface area contributed by atoms with Gasteiger partial charge in [0.25, 0.3) is 0 Å². The number of amides is 2. The minimum Gasteiger partial charge on any atom is -0.370 e. The predicted molar refractivity (Wildman–Crippen MR) is 95.1 cm³/mol. The first-order valence-electron chi connectivity index (χ1n) is 8.21. The Balaban J connectivity index is 2.04. The van der Waals surface area contributed by atoms with Crippen LogP contribution in [0.15, 0.2) is 60.7 Å². The second-order valence-electron chi connectivity index (χ2n) is 6.03. The highest BCUT2D eigenvalue weighted by molar-refractivity contribution is 5.79. The van der Waals surface area contributed by atoms with Crippen LogP contribution in [-0.2, 0) is 16.1 Å². The molecule has 4 nitrogen and oxygen atoms in total. The molecule has 0 heterocycles. The lowest BCUT2D eigenvalue weighted by molar-refractivity contribution is -0.132. The summed E-state index contributed by atoms with van der Waals surface area (Å²) < 4.78 is 0. The predicted octanol–water partition coefficient (Wildman–Crippen LogP) is 3.08. The summed E-state index contributed by atoms with van der Waals surface area (Å²) in [6, 6.07) is 19.8. The van der Waals surface area contributed by atoms with E-state index in [9.17, 15) is 9.59 Å².